The standard InChI is InChI=1S/C18H33N5O.HI/c1-4-22(3)13-10-20-18(19-2)21-15-16(17-9-8-14-24-17)23-11-6-5-7-12-23;/h8-9,14,16H,4-7,10-13,15H2,1-3H3,(H2,19,20,21);1H. The summed E-state index contributed by atoms with van der Waals surface area (Å²) in [6.07, 6.45) is 5.64. The van der Waals surface area contributed by atoms with Gasteiger partial charge < -0.3 is 20.0 Å². The van der Waals surface area contributed by atoms with Crippen molar-refractivity contribution in [2.24, 2.45) is 4.99 Å². The van der Waals surface area contributed by atoms with Crippen LogP contribution in [-0.2, 0) is 0 Å². The summed E-state index contributed by atoms with van der Waals surface area (Å²) >= 11 is 0. The lowest BCUT2D eigenvalue weighted by atomic mass is 10.1. The second kappa shape index (κ2) is 12.5. The molecular formula is C18H34IN5O. The van der Waals surface area contributed by atoms with Crippen LogP contribution >= 0.6 is 24.0 Å². The van der Waals surface area contributed by atoms with Crippen LogP contribution in [0, 0.1) is 0 Å². The van der Waals surface area contributed by atoms with Gasteiger partial charge in [0.15, 0.2) is 5.96 Å². The van der Waals surface area contributed by atoms with Gasteiger partial charge >= 0.3 is 0 Å². The van der Waals surface area contributed by atoms with Crippen molar-refractivity contribution < 1.29 is 4.42 Å². The first kappa shape index (κ1) is 22.2. The summed E-state index contributed by atoms with van der Waals surface area (Å²) < 4.78 is 5.69. The molecule has 144 valence electrons. The van der Waals surface area contributed by atoms with Crippen molar-refractivity contribution in [2.75, 3.05) is 53.4 Å². The fourth-order valence-electron chi connectivity index (χ4n) is 3.06. The Hall–Kier alpha value is -0.800. The van der Waals surface area contributed by atoms with E-state index in [-0.39, 0.29) is 30.0 Å². The molecule has 1 aliphatic heterocycles. The Kier molecular flexibility index (Phi) is 11.2. The quantitative estimate of drug-likeness (QED) is 0.353. The van der Waals surface area contributed by atoms with Gasteiger partial charge in [0.05, 0.1) is 12.3 Å². The van der Waals surface area contributed by atoms with Crippen LogP contribution in [-0.4, -0.2) is 69.1 Å². The molecule has 0 bridgehead atoms. The Labute approximate surface area is 169 Å². The van der Waals surface area contributed by atoms with Gasteiger partial charge in [-0.1, -0.05) is 13.3 Å². The largest absolute Gasteiger partial charge is 0.468 e. The van der Waals surface area contributed by atoms with Gasteiger partial charge in [0.25, 0.3) is 0 Å². The second-order valence-electron chi connectivity index (χ2n) is 6.40. The highest BCUT2D eigenvalue weighted by atomic mass is 127. The molecule has 25 heavy (non-hydrogen) atoms. The maximum Gasteiger partial charge on any atom is 0.191 e. The summed E-state index contributed by atoms with van der Waals surface area (Å²) in [6.45, 7) is 8.20. The van der Waals surface area contributed by atoms with Crippen LogP contribution in [0.5, 0.6) is 0 Å². The van der Waals surface area contributed by atoms with Gasteiger partial charge in [-0.15, -0.1) is 24.0 Å². The highest BCUT2D eigenvalue weighted by Gasteiger charge is 2.24. The summed E-state index contributed by atoms with van der Waals surface area (Å²) in [6, 6.07) is 4.31. The van der Waals surface area contributed by atoms with Gasteiger partial charge in [-0.3, -0.25) is 9.89 Å². The SMILES string of the molecule is CCN(C)CCNC(=NC)NCC(c1ccco1)N1CCCCC1.I. The molecule has 0 aliphatic carbocycles. The zero-order valence-electron chi connectivity index (χ0n) is 15.8. The minimum atomic E-state index is 0. The van der Waals surface area contributed by atoms with Crippen molar-refractivity contribution in [3.63, 3.8) is 0 Å². The lowest BCUT2D eigenvalue weighted by Gasteiger charge is -2.33. The van der Waals surface area contributed by atoms with E-state index in [0.29, 0.717) is 0 Å². The van der Waals surface area contributed by atoms with E-state index in [1.807, 2.05) is 13.1 Å². The fraction of sp³-hybridized carbons (Fsp3) is 0.722. The molecule has 0 amide bonds. The van der Waals surface area contributed by atoms with Crippen molar-refractivity contribution >= 4 is 29.9 Å². The molecule has 7 heteroatoms. The van der Waals surface area contributed by atoms with Crippen LogP contribution in [0.4, 0.5) is 0 Å². The van der Waals surface area contributed by atoms with E-state index in [4.69, 9.17) is 4.42 Å². The Bertz CT molecular complexity index is 474. The molecule has 1 atom stereocenters. The number of hydrogen-bond acceptors (Lipinski definition) is 4. The number of guanidine groups is 1. The maximum absolute atomic E-state index is 5.69. The Morgan fingerprint density at radius 1 is 1.32 bits per heavy atom. The minimum absolute atomic E-state index is 0. The van der Waals surface area contributed by atoms with Crippen LogP contribution in [0.1, 0.15) is 38.0 Å². The molecular weight excluding hydrogens is 429 g/mol. The third-order valence-corrected chi connectivity index (χ3v) is 4.72. The average Bonchev–Trinajstić information content (AvgIpc) is 3.15. The van der Waals surface area contributed by atoms with Crippen molar-refractivity contribution in [1.82, 2.24) is 20.4 Å². The number of aliphatic imine (C=N–C) groups is 1. The van der Waals surface area contributed by atoms with E-state index in [2.05, 4.69) is 45.5 Å². The molecule has 0 saturated carbocycles. The van der Waals surface area contributed by atoms with Gasteiger partial charge in [0.1, 0.15) is 5.76 Å². The average molecular weight is 463 g/mol. The number of halogens is 1. The highest BCUT2D eigenvalue weighted by Crippen LogP contribution is 2.24. The Morgan fingerprint density at radius 2 is 2.08 bits per heavy atom. The van der Waals surface area contributed by atoms with E-state index in [1.54, 1.807) is 6.26 Å². The number of rotatable bonds is 8. The number of likely N-dealkylation sites (tertiary alicyclic amines) is 1. The number of nitrogens with zero attached hydrogens (tertiary/aromatic N) is 3. The Morgan fingerprint density at radius 3 is 2.68 bits per heavy atom. The monoisotopic (exact) mass is 463 g/mol. The Balaban J connectivity index is 0.00000312. The molecule has 1 aromatic heterocycles. The molecule has 1 saturated heterocycles. The van der Waals surface area contributed by atoms with Crippen molar-refractivity contribution in [3.05, 3.63) is 24.2 Å². The van der Waals surface area contributed by atoms with Crippen LogP contribution in [0.2, 0.25) is 0 Å². The van der Waals surface area contributed by atoms with Crippen molar-refractivity contribution in [3.8, 4) is 0 Å². The smallest absolute Gasteiger partial charge is 0.191 e. The topological polar surface area (TPSA) is 56.0 Å². The summed E-state index contributed by atoms with van der Waals surface area (Å²) in [4.78, 5) is 9.13. The molecule has 0 aromatic carbocycles. The normalized spacial score (nSPS) is 17.2. The second-order valence-corrected chi connectivity index (χ2v) is 6.40. The fourth-order valence-corrected chi connectivity index (χ4v) is 3.06. The number of piperidine rings is 1. The van der Waals surface area contributed by atoms with Crippen LogP contribution in [0.25, 0.3) is 0 Å². The van der Waals surface area contributed by atoms with Gasteiger partial charge in [-0.2, -0.15) is 0 Å². The number of nitrogens with one attached hydrogen (secondary N) is 2. The third kappa shape index (κ3) is 7.53. The molecule has 2 rings (SSSR count). The predicted molar refractivity (Wildman–Crippen MR) is 115 cm³/mol. The lowest BCUT2D eigenvalue weighted by Crippen LogP contribution is -2.45. The highest BCUT2D eigenvalue weighted by molar-refractivity contribution is 14.0. The van der Waals surface area contributed by atoms with Gasteiger partial charge in [0.2, 0.25) is 0 Å². The molecule has 1 unspecified atom stereocenters. The summed E-state index contributed by atoms with van der Waals surface area (Å²) in [7, 11) is 3.95. The van der Waals surface area contributed by atoms with Crippen LogP contribution in [0.3, 0.4) is 0 Å². The molecule has 1 fully saturated rings. The van der Waals surface area contributed by atoms with E-state index < -0.39 is 0 Å². The van der Waals surface area contributed by atoms with E-state index >= 15 is 0 Å². The first-order valence-electron chi connectivity index (χ1n) is 9.15. The minimum Gasteiger partial charge on any atom is -0.468 e. The predicted octanol–water partition coefficient (Wildman–Crippen LogP) is 2.54. The van der Waals surface area contributed by atoms with E-state index in [1.165, 1.54) is 19.3 Å². The summed E-state index contributed by atoms with van der Waals surface area (Å²) in [5.41, 5.74) is 0. The maximum atomic E-state index is 5.69. The summed E-state index contributed by atoms with van der Waals surface area (Å²) in [5.74, 6) is 1.89. The molecule has 2 heterocycles. The molecule has 0 spiro atoms. The zero-order chi connectivity index (χ0) is 17.2. The van der Waals surface area contributed by atoms with Crippen molar-refractivity contribution in [2.45, 2.75) is 32.2 Å². The number of likely N-dealkylation sites (N-methyl/N-ethyl adjacent to an activating group) is 1. The van der Waals surface area contributed by atoms with Crippen LogP contribution in [0.15, 0.2) is 27.8 Å². The van der Waals surface area contributed by atoms with E-state index in [0.717, 1.165) is 51.0 Å². The zero-order valence-corrected chi connectivity index (χ0v) is 18.2. The molecule has 1 aromatic rings. The first-order valence-corrected chi connectivity index (χ1v) is 9.15. The third-order valence-electron chi connectivity index (χ3n) is 4.72. The number of furan rings is 1. The van der Waals surface area contributed by atoms with Gasteiger partial charge in [0, 0.05) is 26.7 Å². The first-order chi connectivity index (χ1) is 11.7. The lowest BCUT2D eigenvalue weighted by molar-refractivity contribution is 0.146. The molecule has 0 radical (unpaired) electrons. The van der Waals surface area contributed by atoms with E-state index in [9.17, 15) is 0 Å². The molecule has 2 N–H and O–H groups in total. The number of hydrogen-bond donors (Lipinski definition) is 2. The van der Waals surface area contributed by atoms with Gasteiger partial charge in [-0.05, 0) is 51.7 Å². The molecule has 1 aliphatic rings. The molecule has 6 nitrogen and oxygen atoms in total. The van der Waals surface area contributed by atoms with Crippen LogP contribution < -0.4 is 10.6 Å². The van der Waals surface area contributed by atoms with Crippen molar-refractivity contribution in [1.29, 1.82) is 0 Å². The van der Waals surface area contributed by atoms with Gasteiger partial charge in [-0.25, -0.2) is 0 Å². The summed E-state index contributed by atoms with van der Waals surface area (Å²) in [5, 5.41) is 6.85.